The van der Waals surface area contributed by atoms with Crippen LogP contribution in [0.15, 0.2) is 18.2 Å². The number of halogens is 4. The first kappa shape index (κ1) is 11.5. The van der Waals surface area contributed by atoms with Crippen LogP contribution in [0.2, 0.25) is 0 Å². The van der Waals surface area contributed by atoms with Crippen LogP contribution in [-0.4, -0.2) is 5.11 Å². The highest BCUT2D eigenvalue weighted by Gasteiger charge is 2.34. The van der Waals surface area contributed by atoms with Crippen molar-refractivity contribution in [3.05, 3.63) is 35.1 Å². The van der Waals surface area contributed by atoms with Crippen LogP contribution in [0.4, 0.5) is 17.6 Å². The Morgan fingerprint density at radius 3 is 2.40 bits per heavy atom. The van der Waals surface area contributed by atoms with Crippen LogP contribution in [0.5, 0.6) is 0 Å². The van der Waals surface area contributed by atoms with Crippen LogP contribution in [0.3, 0.4) is 0 Å². The molecule has 15 heavy (non-hydrogen) atoms. The van der Waals surface area contributed by atoms with Gasteiger partial charge in [0.05, 0.1) is 11.6 Å². The maximum absolute atomic E-state index is 12.7. The summed E-state index contributed by atoms with van der Waals surface area (Å²) in [5.41, 5.74) is -1.78. The van der Waals surface area contributed by atoms with Gasteiger partial charge in [0.1, 0.15) is 5.82 Å². The number of benzene rings is 1. The lowest BCUT2D eigenvalue weighted by Crippen LogP contribution is -2.09. The second-order valence-corrected chi connectivity index (χ2v) is 2.77. The van der Waals surface area contributed by atoms with Gasteiger partial charge in [0.25, 0.3) is 0 Å². The Morgan fingerprint density at radius 1 is 1.33 bits per heavy atom. The fraction of sp³-hybridized carbons (Fsp3) is 0.222. The first-order chi connectivity index (χ1) is 6.86. The summed E-state index contributed by atoms with van der Waals surface area (Å²) in [5, 5.41) is 17.2. The van der Waals surface area contributed by atoms with E-state index in [9.17, 15) is 17.6 Å². The van der Waals surface area contributed by atoms with E-state index in [1.54, 1.807) is 0 Å². The summed E-state index contributed by atoms with van der Waals surface area (Å²) >= 11 is 0. The fourth-order valence-corrected chi connectivity index (χ4v) is 1.00. The van der Waals surface area contributed by atoms with Crippen molar-refractivity contribution in [2.24, 2.45) is 0 Å². The van der Waals surface area contributed by atoms with Crippen LogP contribution in [-0.2, 0) is 6.18 Å². The van der Waals surface area contributed by atoms with Gasteiger partial charge in [0.2, 0.25) is 0 Å². The lowest BCUT2D eigenvalue weighted by Gasteiger charge is -2.10. The molecule has 0 aliphatic rings. The molecule has 0 saturated carbocycles. The highest BCUT2D eigenvalue weighted by Crippen LogP contribution is 2.32. The number of nitriles is 1. The number of nitrogens with zero attached hydrogens (tertiary/aromatic N) is 1. The van der Waals surface area contributed by atoms with Crippen molar-refractivity contribution < 1.29 is 22.7 Å². The average Bonchev–Trinajstić information content (AvgIpc) is 2.15. The monoisotopic (exact) mass is 219 g/mol. The van der Waals surface area contributed by atoms with Crippen molar-refractivity contribution in [1.82, 2.24) is 0 Å². The van der Waals surface area contributed by atoms with Gasteiger partial charge in [-0.1, -0.05) is 6.07 Å². The van der Waals surface area contributed by atoms with E-state index in [2.05, 4.69) is 0 Å². The maximum atomic E-state index is 12.7. The van der Waals surface area contributed by atoms with E-state index < -0.39 is 23.7 Å². The Morgan fingerprint density at radius 2 is 1.93 bits per heavy atom. The molecule has 1 aromatic carbocycles. The van der Waals surface area contributed by atoms with Crippen molar-refractivity contribution in [3.63, 3.8) is 0 Å². The zero-order chi connectivity index (χ0) is 11.6. The van der Waals surface area contributed by atoms with Crippen molar-refractivity contribution in [2.75, 3.05) is 0 Å². The number of hydrogen-bond acceptors (Lipinski definition) is 2. The van der Waals surface area contributed by atoms with E-state index in [4.69, 9.17) is 10.4 Å². The molecule has 1 unspecified atom stereocenters. The van der Waals surface area contributed by atoms with E-state index in [0.29, 0.717) is 12.1 Å². The smallest absolute Gasteiger partial charge is 0.374 e. The summed E-state index contributed by atoms with van der Waals surface area (Å²) in [6, 6.07) is 3.26. The third kappa shape index (κ3) is 2.44. The molecular weight excluding hydrogens is 214 g/mol. The summed E-state index contributed by atoms with van der Waals surface area (Å²) in [5.74, 6) is -1.43. The molecule has 6 heteroatoms. The SMILES string of the molecule is N#CC(O)c1ccc(F)c(C(F)(F)F)c1. The first-order valence-electron chi connectivity index (χ1n) is 3.80. The summed E-state index contributed by atoms with van der Waals surface area (Å²) in [6.45, 7) is 0. The van der Waals surface area contributed by atoms with Gasteiger partial charge in [-0.3, -0.25) is 0 Å². The number of aliphatic hydroxyl groups is 1. The van der Waals surface area contributed by atoms with E-state index in [1.165, 1.54) is 6.07 Å². The highest BCUT2D eigenvalue weighted by molar-refractivity contribution is 5.30. The minimum Gasteiger partial charge on any atom is -0.374 e. The molecule has 0 saturated heterocycles. The molecule has 0 fully saturated rings. The Labute approximate surface area is 82.4 Å². The molecule has 1 atom stereocenters. The lowest BCUT2D eigenvalue weighted by atomic mass is 10.1. The van der Waals surface area contributed by atoms with Crippen molar-refractivity contribution in [3.8, 4) is 6.07 Å². The van der Waals surface area contributed by atoms with E-state index in [0.717, 1.165) is 6.07 Å². The minimum absolute atomic E-state index is 0.286. The molecule has 0 amide bonds. The molecule has 0 aliphatic carbocycles. The quantitative estimate of drug-likeness (QED) is 0.582. The average molecular weight is 219 g/mol. The van der Waals surface area contributed by atoms with Gasteiger partial charge in [-0.05, 0) is 17.7 Å². The van der Waals surface area contributed by atoms with Crippen LogP contribution in [0.25, 0.3) is 0 Å². The Bertz CT molecular complexity index is 408. The number of alkyl halides is 3. The zero-order valence-electron chi connectivity index (χ0n) is 7.22. The topological polar surface area (TPSA) is 44.0 Å². The second kappa shape index (κ2) is 3.87. The third-order valence-corrected chi connectivity index (χ3v) is 1.73. The highest BCUT2D eigenvalue weighted by atomic mass is 19.4. The Balaban J connectivity index is 3.24. The molecule has 1 aromatic rings. The Hall–Kier alpha value is -1.61. The van der Waals surface area contributed by atoms with Gasteiger partial charge in [0.15, 0.2) is 6.10 Å². The Kier molecular flexibility index (Phi) is 2.95. The van der Waals surface area contributed by atoms with Crippen LogP contribution < -0.4 is 0 Å². The van der Waals surface area contributed by atoms with Crippen LogP contribution >= 0.6 is 0 Å². The molecule has 1 rings (SSSR count). The second-order valence-electron chi connectivity index (χ2n) is 2.77. The van der Waals surface area contributed by atoms with Gasteiger partial charge in [-0.2, -0.15) is 18.4 Å². The van der Waals surface area contributed by atoms with Gasteiger partial charge < -0.3 is 5.11 Å². The predicted molar refractivity (Wildman–Crippen MR) is 42.0 cm³/mol. The molecule has 0 heterocycles. The minimum atomic E-state index is -4.84. The van der Waals surface area contributed by atoms with E-state index in [1.807, 2.05) is 0 Å². The molecular formula is C9H5F4NO. The number of rotatable bonds is 1. The molecule has 0 radical (unpaired) electrons. The molecule has 0 aliphatic heterocycles. The van der Waals surface area contributed by atoms with Crippen LogP contribution in [0.1, 0.15) is 17.2 Å². The van der Waals surface area contributed by atoms with Crippen molar-refractivity contribution in [1.29, 1.82) is 5.26 Å². The molecule has 2 nitrogen and oxygen atoms in total. The molecule has 80 valence electrons. The van der Waals surface area contributed by atoms with Crippen molar-refractivity contribution in [2.45, 2.75) is 12.3 Å². The third-order valence-electron chi connectivity index (χ3n) is 1.73. The molecule has 0 bridgehead atoms. The van der Waals surface area contributed by atoms with Gasteiger partial charge in [0, 0.05) is 0 Å². The molecule has 0 spiro atoms. The lowest BCUT2D eigenvalue weighted by molar-refractivity contribution is -0.140. The zero-order valence-corrected chi connectivity index (χ0v) is 7.22. The maximum Gasteiger partial charge on any atom is 0.419 e. The molecule has 0 aromatic heterocycles. The summed E-state index contributed by atoms with van der Waals surface area (Å²) in [4.78, 5) is 0. The number of aliphatic hydroxyl groups excluding tert-OH is 1. The largest absolute Gasteiger partial charge is 0.419 e. The van der Waals surface area contributed by atoms with E-state index >= 15 is 0 Å². The standard InChI is InChI=1S/C9H5F4NO/c10-7-2-1-5(8(15)4-14)3-6(7)9(11,12)13/h1-3,8,15H. The molecule has 1 N–H and O–H groups in total. The van der Waals surface area contributed by atoms with Crippen molar-refractivity contribution >= 4 is 0 Å². The van der Waals surface area contributed by atoms with Crippen LogP contribution in [0, 0.1) is 17.1 Å². The summed E-state index contributed by atoms with van der Waals surface area (Å²) in [6.07, 6.45) is -6.53. The summed E-state index contributed by atoms with van der Waals surface area (Å²) in [7, 11) is 0. The fourth-order valence-electron chi connectivity index (χ4n) is 1.00. The van der Waals surface area contributed by atoms with Gasteiger partial charge >= 0.3 is 6.18 Å². The number of hydrogen-bond donors (Lipinski definition) is 1. The normalized spacial score (nSPS) is 13.3. The van der Waals surface area contributed by atoms with Gasteiger partial charge in [-0.15, -0.1) is 0 Å². The summed E-state index contributed by atoms with van der Waals surface area (Å²) < 4.78 is 49.3. The first-order valence-corrected chi connectivity index (χ1v) is 3.80. The van der Waals surface area contributed by atoms with E-state index in [-0.39, 0.29) is 5.56 Å². The van der Waals surface area contributed by atoms with Gasteiger partial charge in [-0.25, -0.2) is 4.39 Å². The predicted octanol–water partition coefficient (Wildman–Crippen LogP) is 2.40.